The molecule has 0 aliphatic rings. The van der Waals surface area contributed by atoms with E-state index in [0.717, 1.165) is 0 Å². The topological polar surface area (TPSA) is 98.7 Å². The Kier molecular flexibility index (Phi) is 7.39. The Morgan fingerprint density at radius 3 is 1.46 bits per heavy atom. The first-order chi connectivity index (χ1) is 13.4. The molecule has 2 rings (SSSR count). The number of hydrogen-bond donors (Lipinski definition) is 4. The highest BCUT2D eigenvalue weighted by molar-refractivity contribution is 6.07. The fourth-order valence-corrected chi connectivity index (χ4v) is 2.53. The van der Waals surface area contributed by atoms with E-state index in [-0.39, 0.29) is 34.2 Å². The van der Waals surface area contributed by atoms with E-state index in [1.165, 1.54) is 24.3 Å². The number of phenols is 2. The molecule has 0 atom stereocenters. The van der Waals surface area contributed by atoms with E-state index in [0.29, 0.717) is 24.5 Å². The summed E-state index contributed by atoms with van der Waals surface area (Å²) in [6, 6.07) is 12.8. The number of rotatable bonds is 9. The maximum atomic E-state index is 12.1. The van der Waals surface area contributed by atoms with Gasteiger partial charge in [-0.1, -0.05) is 24.3 Å². The van der Waals surface area contributed by atoms with Gasteiger partial charge in [-0.3, -0.25) is 9.59 Å². The first-order valence-electron chi connectivity index (χ1n) is 8.87. The van der Waals surface area contributed by atoms with Crippen molar-refractivity contribution in [1.82, 2.24) is 10.6 Å². The van der Waals surface area contributed by atoms with Gasteiger partial charge in [-0.15, -0.1) is 0 Å². The first-order valence-corrected chi connectivity index (χ1v) is 8.87. The summed E-state index contributed by atoms with van der Waals surface area (Å²) in [5, 5.41) is 25.6. The number of benzene rings is 2. The normalized spacial score (nSPS) is 11.8. The second-order valence-corrected chi connectivity index (χ2v) is 6.27. The molecule has 146 valence electrons. The summed E-state index contributed by atoms with van der Waals surface area (Å²) in [4.78, 5) is 24.3. The average molecular weight is 380 g/mol. The van der Waals surface area contributed by atoms with Gasteiger partial charge in [0.2, 0.25) is 0 Å². The molecule has 2 aromatic rings. The standard InChI is InChI=1S/C22H24N2O4/c1-15(13-21(27)17-7-3-5-9-19(17)25)23-11-12-24-16(2)14-22(28)18-8-4-6-10-20(18)26/h3-10,13-14,23-26H,11-12H2,1-2H3/b15-13+,16-14+. The number of allylic oxidation sites excluding steroid dienone is 4. The van der Waals surface area contributed by atoms with Crippen LogP contribution in [0.3, 0.4) is 0 Å². The molecular formula is C22H24N2O4. The highest BCUT2D eigenvalue weighted by atomic mass is 16.3. The minimum Gasteiger partial charge on any atom is -0.507 e. The first kappa shape index (κ1) is 20.8. The van der Waals surface area contributed by atoms with Crippen molar-refractivity contribution in [2.75, 3.05) is 13.1 Å². The van der Waals surface area contributed by atoms with Crippen molar-refractivity contribution in [3.8, 4) is 11.5 Å². The Morgan fingerprint density at radius 2 is 1.11 bits per heavy atom. The summed E-state index contributed by atoms with van der Waals surface area (Å²) in [6.45, 7) is 4.60. The largest absolute Gasteiger partial charge is 0.507 e. The molecule has 0 aliphatic carbocycles. The minimum atomic E-state index is -0.277. The third kappa shape index (κ3) is 6.02. The van der Waals surface area contributed by atoms with Crippen molar-refractivity contribution in [3.63, 3.8) is 0 Å². The number of carbonyl (C=O) groups excluding carboxylic acids is 2. The van der Waals surface area contributed by atoms with Gasteiger partial charge in [0.05, 0.1) is 11.1 Å². The van der Waals surface area contributed by atoms with E-state index >= 15 is 0 Å². The second kappa shape index (κ2) is 9.97. The van der Waals surface area contributed by atoms with Crippen LogP contribution in [0.15, 0.2) is 72.1 Å². The molecule has 0 aromatic heterocycles. The molecule has 0 saturated heterocycles. The van der Waals surface area contributed by atoms with Gasteiger partial charge < -0.3 is 20.8 Å². The van der Waals surface area contributed by atoms with Crippen molar-refractivity contribution in [2.24, 2.45) is 0 Å². The third-order valence-corrected chi connectivity index (χ3v) is 3.97. The summed E-state index contributed by atoms with van der Waals surface area (Å²) < 4.78 is 0. The van der Waals surface area contributed by atoms with Crippen molar-refractivity contribution < 1.29 is 19.8 Å². The Labute approximate surface area is 164 Å². The van der Waals surface area contributed by atoms with Gasteiger partial charge in [0.1, 0.15) is 11.5 Å². The lowest BCUT2D eigenvalue weighted by molar-refractivity contribution is 0.103. The molecule has 6 heteroatoms. The quantitative estimate of drug-likeness (QED) is 0.303. The number of para-hydroxylation sites is 2. The van der Waals surface area contributed by atoms with Crippen molar-refractivity contribution in [1.29, 1.82) is 0 Å². The molecule has 0 spiro atoms. The number of nitrogens with one attached hydrogen (secondary N) is 2. The van der Waals surface area contributed by atoms with Crippen LogP contribution in [0.5, 0.6) is 11.5 Å². The lowest BCUT2D eigenvalue weighted by Crippen LogP contribution is -2.26. The predicted octanol–water partition coefficient (Wildman–Crippen LogP) is 3.15. The van der Waals surface area contributed by atoms with Crippen molar-refractivity contribution in [3.05, 3.63) is 83.2 Å². The second-order valence-electron chi connectivity index (χ2n) is 6.27. The van der Waals surface area contributed by atoms with Gasteiger partial charge in [0.15, 0.2) is 11.6 Å². The van der Waals surface area contributed by atoms with E-state index < -0.39 is 0 Å². The van der Waals surface area contributed by atoms with Gasteiger partial charge >= 0.3 is 0 Å². The van der Waals surface area contributed by atoms with Crippen LogP contribution in [0, 0.1) is 0 Å². The van der Waals surface area contributed by atoms with E-state index in [4.69, 9.17) is 0 Å². The molecule has 0 amide bonds. The molecule has 0 unspecified atom stereocenters. The Balaban J connectivity index is 1.81. The van der Waals surface area contributed by atoms with Crippen LogP contribution >= 0.6 is 0 Å². The number of ketones is 2. The van der Waals surface area contributed by atoms with Gasteiger partial charge in [0, 0.05) is 36.6 Å². The summed E-state index contributed by atoms with van der Waals surface area (Å²) in [5.41, 5.74) is 1.84. The lowest BCUT2D eigenvalue weighted by Gasteiger charge is -2.10. The van der Waals surface area contributed by atoms with Crippen molar-refractivity contribution >= 4 is 11.6 Å². The number of aromatic hydroxyl groups is 2. The predicted molar refractivity (Wildman–Crippen MR) is 108 cm³/mol. The molecule has 0 fully saturated rings. The lowest BCUT2D eigenvalue weighted by atomic mass is 10.1. The highest BCUT2D eigenvalue weighted by Gasteiger charge is 2.09. The number of carbonyl (C=O) groups is 2. The molecule has 0 saturated carbocycles. The van der Waals surface area contributed by atoms with E-state index in [9.17, 15) is 19.8 Å². The molecule has 0 bridgehead atoms. The summed E-state index contributed by atoms with van der Waals surface area (Å²) >= 11 is 0. The van der Waals surface area contributed by atoms with Crippen LogP contribution in [0.25, 0.3) is 0 Å². The fraction of sp³-hybridized carbons (Fsp3) is 0.182. The molecule has 28 heavy (non-hydrogen) atoms. The maximum absolute atomic E-state index is 12.1. The zero-order valence-corrected chi connectivity index (χ0v) is 15.9. The third-order valence-electron chi connectivity index (χ3n) is 3.97. The SMILES string of the molecule is C/C(=C\C(=O)c1ccccc1O)NCCN/C(C)=C/C(=O)c1ccccc1O. The van der Waals surface area contributed by atoms with Crippen molar-refractivity contribution in [2.45, 2.75) is 13.8 Å². The van der Waals surface area contributed by atoms with E-state index in [1.54, 1.807) is 50.2 Å². The van der Waals surface area contributed by atoms with Crippen LogP contribution in [0.1, 0.15) is 34.6 Å². The smallest absolute Gasteiger partial charge is 0.191 e. The van der Waals surface area contributed by atoms with Crippen LogP contribution in [0.4, 0.5) is 0 Å². The number of phenolic OH excluding ortho intramolecular Hbond substituents is 2. The van der Waals surface area contributed by atoms with Crippen LogP contribution in [0.2, 0.25) is 0 Å². The molecule has 0 aliphatic heterocycles. The Morgan fingerprint density at radius 1 is 0.750 bits per heavy atom. The molecule has 2 aromatic carbocycles. The van der Waals surface area contributed by atoms with Gasteiger partial charge in [0.25, 0.3) is 0 Å². The highest BCUT2D eigenvalue weighted by Crippen LogP contribution is 2.17. The summed E-state index contributed by atoms with van der Waals surface area (Å²) in [7, 11) is 0. The number of hydrogen-bond acceptors (Lipinski definition) is 6. The molecule has 4 N–H and O–H groups in total. The zero-order valence-electron chi connectivity index (χ0n) is 15.9. The van der Waals surface area contributed by atoms with Gasteiger partial charge in [-0.25, -0.2) is 0 Å². The molecule has 0 heterocycles. The molecule has 6 nitrogen and oxygen atoms in total. The van der Waals surface area contributed by atoms with Crippen LogP contribution < -0.4 is 10.6 Å². The monoisotopic (exact) mass is 380 g/mol. The Bertz CT molecular complexity index is 841. The van der Waals surface area contributed by atoms with Crippen LogP contribution in [-0.2, 0) is 0 Å². The molecular weight excluding hydrogens is 356 g/mol. The van der Waals surface area contributed by atoms with E-state index in [2.05, 4.69) is 10.6 Å². The average Bonchev–Trinajstić information content (AvgIpc) is 2.65. The fourth-order valence-electron chi connectivity index (χ4n) is 2.53. The molecule has 0 radical (unpaired) electrons. The minimum absolute atomic E-state index is 0.0481. The van der Waals surface area contributed by atoms with Gasteiger partial charge in [-0.2, -0.15) is 0 Å². The van der Waals surface area contributed by atoms with E-state index in [1.807, 2.05) is 0 Å². The van der Waals surface area contributed by atoms with Gasteiger partial charge in [-0.05, 0) is 38.1 Å². The zero-order chi connectivity index (χ0) is 20.5. The summed E-state index contributed by atoms with van der Waals surface area (Å²) in [5.74, 6) is -0.651. The Hall–Kier alpha value is -3.54. The summed E-state index contributed by atoms with van der Waals surface area (Å²) in [6.07, 6.45) is 2.86. The van der Waals surface area contributed by atoms with Crippen LogP contribution in [-0.4, -0.2) is 34.9 Å². The maximum Gasteiger partial charge on any atom is 0.191 e.